The molecule has 0 fully saturated rings. The van der Waals surface area contributed by atoms with Crippen LogP contribution in [0.5, 0.6) is 0 Å². The molecule has 0 saturated heterocycles. The number of carbonyl (C=O) groups excluding carboxylic acids is 1. The van der Waals surface area contributed by atoms with Crippen LogP contribution in [0.15, 0.2) is 45.6 Å². The molecule has 0 radical (unpaired) electrons. The molecule has 0 spiro atoms. The molecule has 0 aromatic carbocycles. The van der Waals surface area contributed by atoms with Gasteiger partial charge in [-0.1, -0.05) is 0 Å². The van der Waals surface area contributed by atoms with Crippen molar-refractivity contribution < 1.29 is 9.21 Å². The van der Waals surface area contributed by atoms with Gasteiger partial charge in [-0.25, -0.2) is 4.98 Å². The topological polar surface area (TPSA) is 55.1 Å². The minimum atomic E-state index is -0.223. The first-order chi connectivity index (χ1) is 8.65. The lowest BCUT2D eigenvalue weighted by atomic mass is 10.3. The van der Waals surface area contributed by atoms with E-state index < -0.39 is 0 Å². The zero-order valence-corrected chi connectivity index (χ0v) is 11.3. The van der Waals surface area contributed by atoms with Gasteiger partial charge in [0.1, 0.15) is 10.4 Å². The fourth-order valence-electron chi connectivity index (χ4n) is 1.38. The van der Waals surface area contributed by atoms with Crippen LogP contribution in [0, 0.1) is 6.92 Å². The van der Waals surface area contributed by atoms with Crippen molar-refractivity contribution in [1.82, 2.24) is 4.98 Å². The Morgan fingerprint density at radius 3 is 2.94 bits per heavy atom. The highest BCUT2D eigenvalue weighted by Crippen LogP contribution is 2.16. The van der Waals surface area contributed by atoms with Gasteiger partial charge in [-0.15, -0.1) is 0 Å². The van der Waals surface area contributed by atoms with Crippen LogP contribution in [-0.2, 0) is 4.79 Å². The highest BCUT2D eigenvalue weighted by atomic mass is 79.9. The summed E-state index contributed by atoms with van der Waals surface area (Å²) in [7, 11) is 0. The highest BCUT2D eigenvalue weighted by Gasteiger charge is 2.03. The maximum absolute atomic E-state index is 11.7. The fourth-order valence-corrected chi connectivity index (χ4v) is 1.78. The second-order valence-electron chi connectivity index (χ2n) is 3.60. The smallest absolute Gasteiger partial charge is 0.248 e. The van der Waals surface area contributed by atoms with Crippen LogP contribution >= 0.6 is 15.9 Å². The lowest BCUT2D eigenvalue weighted by Crippen LogP contribution is -2.09. The Morgan fingerprint density at radius 2 is 2.28 bits per heavy atom. The number of aromatic nitrogens is 1. The zero-order chi connectivity index (χ0) is 13.0. The van der Waals surface area contributed by atoms with Crippen molar-refractivity contribution in [3.8, 4) is 0 Å². The van der Waals surface area contributed by atoms with Gasteiger partial charge in [-0.05, 0) is 53.2 Å². The molecule has 1 amide bonds. The second kappa shape index (κ2) is 5.64. The third-order valence-electron chi connectivity index (χ3n) is 2.25. The normalized spacial score (nSPS) is 10.8. The molecule has 2 aromatic heterocycles. The first-order valence-corrected chi connectivity index (χ1v) is 6.10. The molecule has 0 unspecified atom stereocenters. The zero-order valence-electron chi connectivity index (χ0n) is 9.68. The van der Waals surface area contributed by atoms with E-state index >= 15 is 0 Å². The summed E-state index contributed by atoms with van der Waals surface area (Å²) in [5, 5.41) is 2.75. The predicted octanol–water partition coefficient (Wildman–Crippen LogP) is 3.40. The van der Waals surface area contributed by atoms with Crippen molar-refractivity contribution in [2.24, 2.45) is 0 Å². The molecule has 2 heterocycles. The van der Waals surface area contributed by atoms with Crippen molar-refractivity contribution in [3.05, 3.63) is 52.7 Å². The van der Waals surface area contributed by atoms with Crippen molar-refractivity contribution in [3.63, 3.8) is 0 Å². The van der Waals surface area contributed by atoms with Crippen LogP contribution in [-0.4, -0.2) is 10.9 Å². The molecule has 5 heteroatoms. The van der Waals surface area contributed by atoms with Gasteiger partial charge in [-0.2, -0.15) is 0 Å². The Bertz CT molecular complexity index is 577. The maximum atomic E-state index is 11.7. The summed E-state index contributed by atoms with van der Waals surface area (Å²) in [6.45, 7) is 1.83. The molecule has 2 aromatic rings. The van der Waals surface area contributed by atoms with Gasteiger partial charge in [0.2, 0.25) is 5.91 Å². The quantitative estimate of drug-likeness (QED) is 0.698. The predicted molar refractivity (Wildman–Crippen MR) is 73.0 cm³/mol. The molecule has 4 nitrogen and oxygen atoms in total. The van der Waals surface area contributed by atoms with E-state index in [4.69, 9.17) is 4.42 Å². The molecule has 0 atom stereocenters. The lowest BCUT2D eigenvalue weighted by molar-refractivity contribution is -0.111. The third kappa shape index (κ3) is 3.30. The molecule has 0 saturated carbocycles. The van der Waals surface area contributed by atoms with Crippen LogP contribution in [0.4, 0.5) is 5.69 Å². The van der Waals surface area contributed by atoms with E-state index in [9.17, 15) is 4.79 Å². The number of carbonyl (C=O) groups is 1. The summed E-state index contributed by atoms with van der Waals surface area (Å²) in [6, 6.07) is 7.11. The Labute approximate surface area is 113 Å². The van der Waals surface area contributed by atoms with Crippen molar-refractivity contribution in [1.29, 1.82) is 0 Å². The summed E-state index contributed by atoms with van der Waals surface area (Å²) >= 11 is 3.27. The number of rotatable bonds is 3. The Morgan fingerprint density at radius 1 is 1.44 bits per heavy atom. The Balaban J connectivity index is 2.03. The number of anilines is 1. The number of aryl methyl sites for hydroxylation is 1. The number of furan rings is 1. The molecule has 0 aliphatic heterocycles. The number of amides is 1. The summed E-state index contributed by atoms with van der Waals surface area (Å²) in [5.74, 6) is 0.412. The van der Waals surface area contributed by atoms with E-state index in [1.54, 1.807) is 36.6 Å². The number of nitrogens with zero attached hydrogens (tertiary/aromatic N) is 1. The van der Waals surface area contributed by atoms with E-state index in [1.807, 2.05) is 6.92 Å². The summed E-state index contributed by atoms with van der Waals surface area (Å²) in [6.07, 6.45) is 4.58. The van der Waals surface area contributed by atoms with E-state index in [2.05, 4.69) is 26.2 Å². The van der Waals surface area contributed by atoms with E-state index in [0.29, 0.717) is 11.4 Å². The SMILES string of the molecule is Cc1nc(Br)ccc1NC(=O)/C=C/c1ccco1. The minimum Gasteiger partial charge on any atom is -0.465 e. The molecular weight excluding hydrogens is 296 g/mol. The van der Waals surface area contributed by atoms with Gasteiger partial charge in [0.05, 0.1) is 17.6 Å². The molecule has 0 aliphatic rings. The Hall–Kier alpha value is -1.88. The molecule has 92 valence electrons. The van der Waals surface area contributed by atoms with Gasteiger partial charge in [-0.3, -0.25) is 4.79 Å². The maximum Gasteiger partial charge on any atom is 0.248 e. The Kier molecular flexibility index (Phi) is 3.94. The molecular formula is C13H11BrN2O2. The standard InChI is InChI=1S/C13H11BrN2O2/c1-9-11(5-6-12(14)15-9)16-13(17)7-4-10-3-2-8-18-10/h2-8H,1H3,(H,16,17)/b7-4+. The van der Waals surface area contributed by atoms with Gasteiger partial charge in [0.25, 0.3) is 0 Å². The summed E-state index contributed by atoms with van der Waals surface area (Å²) in [4.78, 5) is 15.9. The molecule has 1 N–H and O–H groups in total. The van der Waals surface area contributed by atoms with Crippen LogP contribution in [0.3, 0.4) is 0 Å². The third-order valence-corrected chi connectivity index (χ3v) is 2.69. The molecule has 2 rings (SSSR count). The average Bonchev–Trinajstić information content (AvgIpc) is 2.83. The van der Waals surface area contributed by atoms with Crippen LogP contribution in [0.25, 0.3) is 6.08 Å². The lowest BCUT2D eigenvalue weighted by Gasteiger charge is -2.05. The average molecular weight is 307 g/mol. The summed E-state index contributed by atoms with van der Waals surface area (Å²) < 4.78 is 5.83. The van der Waals surface area contributed by atoms with Gasteiger partial charge in [0, 0.05) is 6.08 Å². The molecule has 18 heavy (non-hydrogen) atoms. The van der Waals surface area contributed by atoms with E-state index in [-0.39, 0.29) is 5.91 Å². The summed E-state index contributed by atoms with van der Waals surface area (Å²) in [5.41, 5.74) is 1.44. The first kappa shape index (κ1) is 12.6. The number of halogens is 1. The van der Waals surface area contributed by atoms with Crippen LogP contribution in [0.1, 0.15) is 11.5 Å². The minimum absolute atomic E-state index is 0.223. The number of hydrogen-bond acceptors (Lipinski definition) is 3. The van der Waals surface area contributed by atoms with Gasteiger partial charge < -0.3 is 9.73 Å². The number of hydrogen-bond donors (Lipinski definition) is 1. The van der Waals surface area contributed by atoms with Crippen molar-refractivity contribution in [2.45, 2.75) is 6.92 Å². The fraction of sp³-hybridized carbons (Fsp3) is 0.0769. The van der Waals surface area contributed by atoms with E-state index in [1.165, 1.54) is 6.08 Å². The monoisotopic (exact) mass is 306 g/mol. The largest absolute Gasteiger partial charge is 0.465 e. The molecule has 0 aliphatic carbocycles. The van der Waals surface area contributed by atoms with E-state index in [0.717, 1.165) is 10.3 Å². The van der Waals surface area contributed by atoms with Gasteiger partial charge in [0.15, 0.2) is 0 Å². The van der Waals surface area contributed by atoms with Gasteiger partial charge >= 0.3 is 0 Å². The molecule has 0 bridgehead atoms. The number of pyridine rings is 1. The second-order valence-corrected chi connectivity index (χ2v) is 4.42. The van der Waals surface area contributed by atoms with Crippen LogP contribution < -0.4 is 5.32 Å². The van der Waals surface area contributed by atoms with Crippen LogP contribution in [0.2, 0.25) is 0 Å². The number of nitrogens with one attached hydrogen (secondary N) is 1. The highest BCUT2D eigenvalue weighted by molar-refractivity contribution is 9.10. The first-order valence-electron chi connectivity index (χ1n) is 5.31. The van der Waals surface area contributed by atoms with Crippen molar-refractivity contribution >= 4 is 33.6 Å². The van der Waals surface area contributed by atoms with Crippen molar-refractivity contribution in [2.75, 3.05) is 5.32 Å².